The second kappa shape index (κ2) is 6.06. The number of hydrogen-bond acceptors (Lipinski definition) is 4. The van der Waals surface area contributed by atoms with Gasteiger partial charge in [-0.25, -0.2) is 5.43 Å². The fourth-order valence-corrected chi connectivity index (χ4v) is 1.65. The molecular weight excluding hydrogens is 256 g/mol. The highest BCUT2D eigenvalue weighted by Crippen LogP contribution is 2.12. The summed E-state index contributed by atoms with van der Waals surface area (Å²) in [5.41, 5.74) is 3.58. The second-order valence-electron chi connectivity index (χ2n) is 4.28. The maximum Gasteiger partial charge on any atom is 0.271 e. The van der Waals surface area contributed by atoms with Crippen molar-refractivity contribution in [3.05, 3.63) is 53.5 Å². The fourth-order valence-electron chi connectivity index (χ4n) is 1.65. The number of carbonyl (C=O) groups is 1. The first kappa shape index (κ1) is 13.9. The Labute approximate surface area is 117 Å². The van der Waals surface area contributed by atoms with Crippen molar-refractivity contribution in [2.24, 2.45) is 5.10 Å². The number of hydrogen-bond donors (Lipinski definition) is 1. The van der Waals surface area contributed by atoms with Crippen LogP contribution in [0, 0.1) is 6.92 Å². The van der Waals surface area contributed by atoms with Crippen LogP contribution in [0.2, 0.25) is 0 Å². The molecule has 0 aliphatic rings. The van der Waals surface area contributed by atoms with E-state index in [2.05, 4.69) is 10.5 Å². The van der Waals surface area contributed by atoms with Gasteiger partial charge in [0.05, 0.1) is 7.11 Å². The first-order valence-corrected chi connectivity index (χ1v) is 6.15. The minimum atomic E-state index is -0.300. The Morgan fingerprint density at radius 2 is 2.10 bits per heavy atom. The van der Waals surface area contributed by atoms with Gasteiger partial charge in [0.1, 0.15) is 23.0 Å². The zero-order valence-electron chi connectivity index (χ0n) is 11.6. The van der Waals surface area contributed by atoms with Crippen LogP contribution in [0.4, 0.5) is 0 Å². The molecule has 0 aliphatic heterocycles. The summed E-state index contributed by atoms with van der Waals surface area (Å²) in [4.78, 5) is 11.9. The molecule has 2 aromatic rings. The number of amides is 1. The third kappa shape index (κ3) is 3.26. The Hall–Kier alpha value is -2.56. The molecule has 104 valence electrons. The van der Waals surface area contributed by atoms with Gasteiger partial charge < -0.3 is 9.15 Å². The molecule has 0 atom stereocenters. The number of methoxy groups -OCH3 is 1. The van der Waals surface area contributed by atoms with Gasteiger partial charge in [-0.3, -0.25) is 4.79 Å². The lowest BCUT2D eigenvalue weighted by Crippen LogP contribution is -2.19. The summed E-state index contributed by atoms with van der Waals surface area (Å²) in [6.07, 6.45) is 0. The van der Waals surface area contributed by atoms with Crippen molar-refractivity contribution >= 4 is 11.6 Å². The molecule has 1 aromatic carbocycles. The topological polar surface area (TPSA) is 63.8 Å². The molecule has 0 bridgehead atoms. The van der Waals surface area contributed by atoms with Gasteiger partial charge in [0.2, 0.25) is 0 Å². The van der Waals surface area contributed by atoms with Crippen LogP contribution >= 0.6 is 0 Å². The van der Waals surface area contributed by atoms with Crippen LogP contribution in [0.25, 0.3) is 0 Å². The number of benzene rings is 1. The molecule has 0 spiro atoms. The predicted octanol–water partition coefficient (Wildman–Crippen LogP) is 2.75. The molecule has 20 heavy (non-hydrogen) atoms. The van der Waals surface area contributed by atoms with E-state index in [4.69, 9.17) is 9.15 Å². The van der Waals surface area contributed by atoms with Crippen molar-refractivity contribution in [1.29, 1.82) is 0 Å². The number of ether oxygens (including phenoxy) is 1. The first-order valence-electron chi connectivity index (χ1n) is 6.15. The molecule has 5 nitrogen and oxygen atoms in total. The lowest BCUT2D eigenvalue weighted by atomic mass is 10.2. The first-order chi connectivity index (χ1) is 9.60. The zero-order valence-corrected chi connectivity index (χ0v) is 11.6. The van der Waals surface area contributed by atoms with Gasteiger partial charge in [-0.15, -0.1) is 0 Å². The highest BCUT2D eigenvalue weighted by Gasteiger charge is 2.07. The summed E-state index contributed by atoms with van der Waals surface area (Å²) in [6, 6.07) is 10.5. The third-order valence-corrected chi connectivity index (χ3v) is 2.75. The number of furan rings is 1. The molecule has 0 aliphatic carbocycles. The van der Waals surface area contributed by atoms with Crippen LogP contribution < -0.4 is 10.2 Å². The summed E-state index contributed by atoms with van der Waals surface area (Å²) in [7, 11) is 1.55. The molecule has 1 aromatic heterocycles. The van der Waals surface area contributed by atoms with Crippen LogP contribution in [-0.2, 0) is 0 Å². The quantitative estimate of drug-likeness (QED) is 0.687. The second-order valence-corrected chi connectivity index (χ2v) is 4.28. The Morgan fingerprint density at radius 3 is 2.75 bits per heavy atom. The van der Waals surface area contributed by atoms with E-state index < -0.39 is 0 Å². The van der Waals surface area contributed by atoms with Crippen LogP contribution in [-0.4, -0.2) is 18.7 Å². The van der Waals surface area contributed by atoms with E-state index in [9.17, 15) is 4.79 Å². The number of aryl methyl sites for hydroxylation is 1. The fraction of sp³-hybridized carbons (Fsp3) is 0.200. The lowest BCUT2D eigenvalue weighted by molar-refractivity contribution is 0.0954. The number of nitrogens with one attached hydrogen (secondary N) is 1. The van der Waals surface area contributed by atoms with Crippen LogP contribution in [0.5, 0.6) is 5.75 Å². The lowest BCUT2D eigenvalue weighted by Gasteiger charge is -2.03. The van der Waals surface area contributed by atoms with Gasteiger partial charge in [-0.1, -0.05) is 6.07 Å². The van der Waals surface area contributed by atoms with Crippen molar-refractivity contribution < 1.29 is 13.9 Å². The summed E-state index contributed by atoms with van der Waals surface area (Å²) < 4.78 is 10.5. The maximum atomic E-state index is 11.9. The van der Waals surface area contributed by atoms with Gasteiger partial charge >= 0.3 is 0 Å². The highest BCUT2D eigenvalue weighted by atomic mass is 16.5. The molecule has 0 radical (unpaired) electrons. The molecule has 0 saturated heterocycles. The number of carbonyl (C=O) groups excluding carboxylic acids is 1. The Kier molecular flexibility index (Phi) is 4.20. The van der Waals surface area contributed by atoms with Gasteiger partial charge in [0, 0.05) is 5.56 Å². The number of nitrogens with zero attached hydrogens (tertiary/aromatic N) is 1. The molecule has 2 rings (SSSR count). The Balaban J connectivity index is 2.07. The molecule has 5 heteroatoms. The molecule has 1 heterocycles. The Morgan fingerprint density at radius 1 is 1.30 bits per heavy atom. The van der Waals surface area contributed by atoms with E-state index in [1.165, 1.54) is 0 Å². The third-order valence-electron chi connectivity index (χ3n) is 2.75. The SMILES string of the molecule is COc1cccc(C(=O)N/N=C(\C)c2ccc(C)o2)c1. The van der Waals surface area contributed by atoms with Crippen molar-refractivity contribution in [3.8, 4) is 5.75 Å². The molecule has 1 amide bonds. The molecule has 0 fully saturated rings. The minimum absolute atomic E-state index is 0.300. The largest absolute Gasteiger partial charge is 0.497 e. The average molecular weight is 272 g/mol. The van der Waals surface area contributed by atoms with Gasteiger partial charge in [0.15, 0.2) is 0 Å². The van der Waals surface area contributed by atoms with E-state index in [-0.39, 0.29) is 5.91 Å². The van der Waals surface area contributed by atoms with Crippen LogP contribution in [0.15, 0.2) is 45.9 Å². The van der Waals surface area contributed by atoms with E-state index in [1.807, 2.05) is 19.1 Å². The van der Waals surface area contributed by atoms with Crippen LogP contribution in [0.3, 0.4) is 0 Å². The number of rotatable bonds is 4. The molecule has 1 N–H and O–H groups in total. The maximum absolute atomic E-state index is 11.9. The molecule has 0 saturated carbocycles. The smallest absolute Gasteiger partial charge is 0.271 e. The van der Waals surface area contributed by atoms with Gasteiger partial charge in [-0.05, 0) is 44.2 Å². The standard InChI is InChI=1S/C15H16N2O3/c1-10-7-8-14(20-10)11(2)16-17-15(18)12-5-4-6-13(9-12)19-3/h4-9H,1-3H3,(H,17,18)/b16-11+. The van der Waals surface area contributed by atoms with Crippen LogP contribution in [0.1, 0.15) is 28.8 Å². The van der Waals surface area contributed by atoms with Crippen molar-refractivity contribution in [1.82, 2.24) is 5.43 Å². The van der Waals surface area contributed by atoms with Crippen molar-refractivity contribution in [2.75, 3.05) is 7.11 Å². The summed E-state index contributed by atoms with van der Waals surface area (Å²) >= 11 is 0. The van der Waals surface area contributed by atoms with Crippen molar-refractivity contribution in [2.45, 2.75) is 13.8 Å². The van der Waals surface area contributed by atoms with Gasteiger partial charge in [-0.2, -0.15) is 5.10 Å². The Bertz CT molecular complexity index is 644. The highest BCUT2D eigenvalue weighted by molar-refractivity contribution is 5.99. The summed E-state index contributed by atoms with van der Waals surface area (Å²) in [5, 5.41) is 4.02. The minimum Gasteiger partial charge on any atom is -0.497 e. The zero-order chi connectivity index (χ0) is 14.5. The number of hydrazone groups is 1. The van der Waals surface area contributed by atoms with E-state index in [0.29, 0.717) is 22.8 Å². The molecule has 0 unspecified atom stereocenters. The van der Waals surface area contributed by atoms with E-state index >= 15 is 0 Å². The average Bonchev–Trinajstić information content (AvgIpc) is 2.91. The summed E-state index contributed by atoms with van der Waals surface area (Å²) in [6.45, 7) is 3.62. The summed E-state index contributed by atoms with van der Waals surface area (Å²) in [5.74, 6) is 1.76. The molecular formula is C15H16N2O3. The van der Waals surface area contributed by atoms with E-state index in [0.717, 1.165) is 5.76 Å². The predicted molar refractivity (Wildman–Crippen MR) is 76.1 cm³/mol. The normalized spacial score (nSPS) is 11.2. The van der Waals surface area contributed by atoms with Crippen molar-refractivity contribution in [3.63, 3.8) is 0 Å². The monoisotopic (exact) mass is 272 g/mol. The van der Waals surface area contributed by atoms with Gasteiger partial charge in [0.25, 0.3) is 5.91 Å². The van der Waals surface area contributed by atoms with E-state index in [1.54, 1.807) is 38.3 Å².